The van der Waals surface area contributed by atoms with E-state index in [2.05, 4.69) is 21.7 Å². The van der Waals surface area contributed by atoms with Gasteiger partial charge in [-0.25, -0.2) is 0 Å². The number of nitriles is 1. The van der Waals surface area contributed by atoms with Crippen molar-refractivity contribution in [3.63, 3.8) is 0 Å². The van der Waals surface area contributed by atoms with Crippen LogP contribution in [0.2, 0.25) is 0 Å². The van der Waals surface area contributed by atoms with Crippen LogP contribution < -0.4 is 5.32 Å². The van der Waals surface area contributed by atoms with Crippen LogP contribution in [0.25, 0.3) is 0 Å². The molecule has 5 nitrogen and oxygen atoms in total. The van der Waals surface area contributed by atoms with Crippen molar-refractivity contribution < 1.29 is 0 Å². The molecule has 2 rings (SSSR count). The summed E-state index contributed by atoms with van der Waals surface area (Å²) >= 11 is 0. The summed E-state index contributed by atoms with van der Waals surface area (Å²) in [4.78, 5) is 0. The van der Waals surface area contributed by atoms with Gasteiger partial charge in [0.05, 0.1) is 24.0 Å². The lowest BCUT2D eigenvalue weighted by molar-refractivity contribution is 0.609. The molecule has 5 heteroatoms. The van der Waals surface area contributed by atoms with Crippen molar-refractivity contribution in [2.75, 3.05) is 11.9 Å². The predicted molar refractivity (Wildman–Crippen MR) is 64.4 cm³/mol. The van der Waals surface area contributed by atoms with Crippen molar-refractivity contribution in [1.29, 1.82) is 5.26 Å². The van der Waals surface area contributed by atoms with Crippen molar-refractivity contribution in [3.05, 3.63) is 41.7 Å². The van der Waals surface area contributed by atoms with Gasteiger partial charge >= 0.3 is 0 Å². The van der Waals surface area contributed by atoms with Crippen LogP contribution in [0.4, 0.5) is 5.69 Å². The summed E-state index contributed by atoms with van der Waals surface area (Å²) in [7, 11) is 0. The molecule has 1 N–H and O–H groups in total. The molecule has 86 valence electrons. The van der Waals surface area contributed by atoms with Crippen LogP contribution >= 0.6 is 0 Å². The lowest BCUT2D eigenvalue weighted by Gasteiger charge is -2.08. The minimum Gasteiger partial charge on any atom is -0.382 e. The van der Waals surface area contributed by atoms with Crippen LogP contribution in [0.5, 0.6) is 0 Å². The van der Waals surface area contributed by atoms with E-state index in [-0.39, 0.29) is 0 Å². The normalized spacial score (nSPS) is 9.88. The Morgan fingerprint density at radius 3 is 3.06 bits per heavy atom. The SMILES string of the molecule is Cc1ccc(C#N)c(NCCn2ccnn2)c1. The first-order valence-electron chi connectivity index (χ1n) is 5.38. The highest BCUT2D eigenvalue weighted by Crippen LogP contribution is 2.16. The fourth-order valence-electron chi connectivity index (χ4n) is 1.56. The Bertz CT molecular complexity index is 524. The number of aryl methyl sites for hydroxylation is 1. The van der Waals surface area contributed by atoms with E-state index >= 15 is 0 Å². The van der Waals surface area contributed by atoms with Gasteiger partial charge in [0.15, 0.2) is 0 Å². The Kier molecular flexibility index (Phi) is 3.36. The van der Waals surface area contributed by atoms with Crippen molar-refractivity contribution in [3.8, 4) is 6.07 Å². The molecule has 0 aliphatic rings. The van der Waals surface area contributed by atoms with E-state index in [1.165, 1.54) is 0 Å². The monoisotopic (exact) mass is 227 g/mol. The molecule has 0 unspecified atom stereocenters. The smallest absolute Gasteiger partial charge is 0.101 e. The predicted octanol–water partition coefficient (Wildman–Crippen LogP) is 1.57. The maximum Gasteiger partial charge on any atom is 0.101 e. The van der Waals surface area contributed by atoms with Gasteiger partial charge in [-0.2, -0.15) is 5.26 Å². The number of nitrogens with one attached hydrogen (secondary N) is 1. The van der Waals surface area contributed by atoms with Gasteiger partial charge in [-0.1, -0.05) is 11.3 Å². The van der Waals surface area contributed by atoms with E-state index < -0.39 is 0 Å². The Morgan fingerprint density at radius 2 is 2.35 bits per heavy atom. The Hall–Kier alpha value is -2.35. The van der Waals surface area contributed by atoms with Crippen LogP contribution in [-0.2, 0) is 6.54 Å². The topological polar surface area (TPSA) is 66.5 Å². The molecule has 2 aromatic rings. The molecule has 1 aromatic heterocycles. The number of aromatic nitrogens is 3. The summed E-state index contributed by atoms with van der Waals surface area (Å²) in [5, 5.41) is 19.8. The second-order valence-corrected chi connectivity index (χ2v) is 3.75. The molecule has 0 saturated heterocycles. The highest BCUT2D eigenvalue weighted by atomic mass is 15.4. The van der Waals surface area contributed by atoms with Gasteiger partial charge in [0.2, 0.25) is 0 Å². The molecule has 0 radical (unpaired) electrons. The summed E-state index contributed by atoms with van der Waals surface area (Å²) < 4.78 is 1.74. The van der Waals surface area contributed by atoms with Crippen molar-refractivity contribution in [2.45, 2.75) is 13.5 Å². The highest BCUT2D eigenvalue weighted by molar-refractivity contribution is 5.58. The lowest BCUT2D eigenvalue weighted by atomic mass is 10.1. The summed E-state index contributed by atoms with van der Waals surface area (Å²) in [6.07, 6.45) is 3.45. The fourth-order valence-corrected chi connectivity index (χ4v) is 1.56. The summed E-state index contributed by atoms with van der Waals surface area (Å²) in [6.45, 7) is 3.43. The maximum absolute atomic E-state index is 8.98. The largest absolute Gasteiger partial charge is 0.382 e. The molecule has 1 heterocycles. The Labute approximate surface area is 99.7 Å². The molecular formula is C12H13N5. The first kappa shape index (κ1) is 11.1. The second kappa shape index (κ2) is 5.12. The van der Waals surface area contributed by atoms with Gasteiger partial charge in [-0.15, -0.1) is 5.10 Å². The molecule has 0 bridgehead atoms. The van der Waals surface area contributed by atoms with Crippen LogP contribution in [0.3, 0.4) is 0 Å². The third-order valence-electron chi connectivity index (χ3n) is 2.42. The third kappa shape index (κ3) is 2.82. The molecule has 0 fully saturated rings. The fraction of sp³-hybridized carbons (Fsp3) is 0.250. The molecule has 0 amide bonds. The maximum atomic E-state index is 8.98. The minimum absolute atomic E-state index is 0.661. The Morgan fingerprint density at radius 1 is 1.47 bits per heavy atom. The molecule has 0 spiro atoms. The number of nitrogens with zero attached hydrogens (tertiary/aromatic N) is 4. The third-order valence-corrected chi connectivity index (χ3v) is 2.42. The van der Waals surface area contributed by atoms with Crippen molar-refractivity contribution in [2.24, 2.45) is 0 Å². The van der Waals surface area contributed by atoms with E-state index in [1.807, 2.05) is 31.3 Å². The van der Waals surface area contributed by atoms with E-state index in [1.54, 1.807) is 10.9 Å². The molecule has 0 aliphatic carbocycles. The minimum atomic E-state index is 0.661. The number of benzene rings is 1. The highest BCUT2D eigenvalue weighted by Gasteiger charge is 2.01. The standard InChI is InChI=1S/C12H13N5/c1-10-2-3-11(9-13)12(8-10)14-4-6-17-7-5-15-16-17/h2-3,5,7-8,14H,4,6H2,1H3. The van der Waals surface area contributed by atoms with Gasteiger partial charge < -0.3 is 5.32 Å². The number of hydrogen-bond donors (Lipinski definition) is 1. The number of anilines is 1. The van der Waals surface area contributed by atoms with E-state index in [9.17, 15) is 0 Å². The van der Waals surface area contributed by atoms with Gasteiger partial charge in [0, 0.05) is 12.7 Å². The van der Waals surface area contributed by atoms with Crippen LogP contribution in [0.1, 0.15) is 11.1 Å². The summed E-state index contributed by atoms with van der Waals surface area (Å²) in [5.74, 6) is 0. The summed E-state index contributed by atoms with van der Waals surface area (Å²) in [6, 6.07) is 7.90. The zero-order valence-electron chi connectivity index (χ0n) is 9.59. The average Bonchev–Trinajstić information content (AvgIpc) is 2.82. The van der Waals surface area contributed by atoms with Gasteiger partial charge in [-0.05, 0) is 24.6 Å². The zero-order valence-corrected chi connectivity index (χ0v) is 9.59. The van der Waals surface area contributed by atoms with E-state index in [0.29, 0.717) is 12.1 Å². The Balaban J connectivity index is 1.99. The molecule has 17 heavy (non-hydrogen) atoms. The van der Waals surface area contributed by atoms with Crippen LogP contribution in [0.15, 0.2) is 30.6 Å². The molecule has 1 aromatic carbocycles. The van der Waals surface area contributed by atoms with Gasteiger partial charge in [-0.3, -0.25) is 4.68 Å². The van der Waals surface area contributed by atoms with Crippen LogP contribution in [-0.4, -0.2) is 21.5 Å². The quantitative estimate of drug-likeness (QED) is 0.861. The van der Waals surface area contributed by atoms with Crippen LogP contribution in [0, 0.1) is 18.3 Å². The van der Waals surface area contributed by atoms with Gasteiger partial charge in [0.1, 0.15) is 6.07 Å². The summed E-state index contributed by atoms with van der Waals surface area (Å²) in [5.41, 5.74) is 2.66. The lowest BCUT2D eigenvalue weighted by Crippen LogP contribution is -2.11. The number of hydrogen-bond acceptors (Lipinski definition) is 4. The van der Waals surface area contributed by atoms with E-state index in [0.717, 1.165) is 17.8 Å². The molecular weight excluding hydrogens is 214 g/mol. The van der Waals surface area contributed by atoms with Crippen molar-refractivity contribution in [1.82, 2.24) is 15.0 Å². The van der Waals surface area contributed by atoms with Gasteiger partial charge in [0.25, 0.3) is 0 Å². The number of rotatable bonds is 4. The average molecular weight is 227 g/mol. The molecule has 0 aliphatic heterocycles. The zero-order chi connectivity index (χ0) is 12.1. The molecule has 0 saturated carbocycles. The first-order valence-corrected chi connectivity index (χ1v) is 5.38. The van der Waals surface area contributed by atoms with E-state index in [4.69, 9.17) is 5.26 Å². The first-order chi connectivity index (χ1) is 8.29. The van der Waals surface area contributed by atoms with Crippen molar-refractivity contribution >= 4 is 5.69 Å². The second-order valence-electron chi connectivity index (χ2n) is 3.75. The molecule has 0 atom stereocenters.